The van der Waals surface area contributed by atoms with E-state index in [1.54, 1.807) is 0 Å². The molecule has 2 rings (SSSR count). The highest BCUT2D eigenvalue weighted by Crippen LogP contribution is 2.25. The Morgan fingerprint density at radius 1 is 1.05 bits per heavy atom. The zero-order chi connectivity index (χ0) is 13.7. The van der Waals surface area contributed by atoms with Gasteiger partial charge in [-0.3, -0.25) is 4.90 Å². The Morgan fingerprint density at radius 2 is 1.68 bits per heavy atom. The minimum Gasteiger partial charge on any atom is -0.309 e. The van der Waals surface area contributed by atoms with Crippen molar-refractivity contribution >= 4 is 0 Å². The van der Waals surface area contributed by atoms with Gasteiger partial charge >= 0.3 is 0 Å². The zero-order valence-electron chi connectivity index (χ0n) is 12.5. The summed E-state index contributed by atoms with van der Waals surface area (Å²) in [5.74, 6) is 0. The second-order valence-electron chi connectivity index (χ2n) is 5.86. The van der Waals surface area contributed by atoms with Crippen molar-refractivity contribution in [2.24, 2.45) is 0 Å². The van der Waals surface area contributed by atoms with Crippen LogP contribution in [0.25, 0.3) is 0 Å². The summed E-state index contributed by atoms with van der Waals surface area (Å²) in [5, 5.41) is 0. The summed E-state index contributed by atoms with van der Waals surface area (Å²) in [4.78, 5) is 7.36. The zero-order valence-corrected chi connectivity index (χ0v) is 12.5. The van der Waals surface area contributed by atoms with Crippen LogP contribution in [0.15, 0.2) is 30.3 Å². The highest BCUT2D eigenvalue weighted by Gasteiger charge is 2.23. The molecule has 1 unspecified atom stereocenters. The van der Waals surface area contributed by atoms with Crippen LogP contribution in [-0.2, 0) is 0 Å². The first-order chi connectivity index (χ1) is 9.16. The first-order valence-corrected chi connectivity index (χ1v) is 7.29. The van der Waals surface area contributed by atoms with Gasteiger partial charge in [-0.15, -0.1) is 0 Å². The van der Waals surface area contributed by atoms with Crippen LogP contribution in [-0.4, -0.2) is 68.6 Å². The molecule has 3 nitrogen and oxygen atoms in total. The summed E-state index contributed by atoms with van der Waals surface area (Å²) in [5.41, 5.74) is 1.47. The summed E-state index contributed by atoms with van der Waals surface area (Å²) in [6, 6.07) is 11.5. The van der Waals surface area contributed by atoms with E-state index in [0.29, 0.717) is 6.04 Å². The van der Waals surface area contributed by atoms with Gasteiger partial charge in [-0.1, -0.05) is 30.3 Å². The molecule has 1 fully saturated rings. The van der Waals surface area contributed by atoms with Crippen LogP contribution in [0.2, 0.25) is 0 Å². The molecule has 0 saturated carbocycles. The highest BCUT2D eigenvalue weighted by atomic mass is 15.3. The molecule has 1 aromatic carbocycles. The van der Waals surface area contributed by atoms with Gasteiger partial charge in [-0.05, 0) is 39.7 Å². The first kappa shape index (κ1) is 14.5. The number of benzene rings is 1. The number of hydrogen-bond donors (Lipinski definition) is 0. The second kappa shape index (κ2) is 7.04. The summed E-state index contributed by atoms with van der Waals surface area (Å²) in [6.45, 7) is 5.88. The molecule has 0 N–H and O–H groups in total. The van der Waals surface area contributed by atoms with E-state index in [1.165, 1.54) is 38.2 Å². The molecule has 0 aromatic heterocycles. The predicted molar refractivity (Wildman–Crippen MR) is 81.4 cm³/mol. The lowest BCUT2D eigenvalue weighted by Gasteiger charge is -2.38. The van der Waals surface area contributed by atoms with Gasteiger partial charge in [0.2, 0.25) is 0 Å². The second-order valence-corrected chi connectivity index (χ2v) is 5.86. The summed E-state index contributed by atoms with van der Waals surface area (Å²) in [6.07, 6.45) is 1.21. The molecule has 0 amide bonds. The molecule has 1 aliphatic heterocycles. The van der Waals surface area contributed by atoms with Crippen LogP contribution in [0.4, 0.5) is 0 Å². The fourth-order valence-corrected chi connectivity index (χ4v) is 2.75. The molecule has 1 saturated heterocycles. The fraction of sp³-hybridized carbons (Fsp3) is 0.625. The fourth-order valence-electron chi connectivity index (χ4n) is 2.75. The Morgan fingerprint density at radius 3 is 2.26 bits per heavy atom. The van der Waals surface area contributed by atoms with Gasteiger partial charge in [-0.25, -0.2) is 0 Å². The van der Waals surface area contributed by atoms with Gasteiger partial charge in [-0.2, -0.15) is 0 Å². The van der Waals surface area contributed by atoms with Crippen LogP contribution in [0.1, 0.15) is 18.0 Å². The van der Waals surface area contributed by atoms with Crippen molar-refractivity contribution in [2.45, 2.75) is 12.5 Å². The number of hydrogen-bond acceptors (Lipinski definition) is 3. The van der Waals surface area contributed by atoms with Crippen LogP contribution in [0, 0.1) is 0 Å². The molecular formula is C16H27N3. The topological polar surface area (TPSA) is 9.72 Å². The average molecular weight is 261 g/mol. The van der Waals surface area contributed by atoms with Gasteiger partial charge in [0.05, 0.1) is 0 Å². The first-order valence-electron chi connectivity index (χ1n) is 7.29. The van der Waals surface area contributed by atoms with E-state index in [4.69, 9.17) is 0 Å². The number of likely N-dealkylation sites (N-methyl/N-ethyl adjacent to an activating group) is 1. The normalized spacial score (nSPS) is 19.8. The van der Waals surface area contributed by atoms with Crippen molar-refractivity contribution in [3.8, 4) is 0 Å². The maximum atomic E-state index is 2.65. The Balaban J connectivity index is 2.05. The number of piperazine rings is 1. The molecule has 0 bridgehead atoms. The Bertz CT molecular complexity index is 356. The molecule has 106 valence electrons. The van der Waals surface area contributed by atoms with Crippen LogP contribution >= 0.6 is 0 Å². The van der Waals surface area contributed by atoms with E-state index < -0.39 is 0 Å². The molecule has 0 spiro atoms. The van der Waals surface area contributed by atoms with Gasteiger partial charge in [0, 0.05) is 32.2 Å². The third kappa shape index (κ3) is 4.30. The lowest BCUT2D eigenvalue weighted by atomic mass is 10.0. The number of rotatable bonds is 5. The van der Waals surface area contributed by atoms with Crippen molar-refractivity contribution in [2.75, 3.05) is 53.9 Å². The number of nitrogens with zero attached hydrogens (tertiary/aromatic N) is 3. The summed E-state index contributed by atoms with van der Waals surface area (Å²) < 4.78 is 0. The largest absolute Gasteiger partial charge is 0.309 e. The van der Waals surface area contributed by atoms with Crippen molar-refractivity contribution in [1.82, 2.24) is 14.7 Å². The van der Waals surface area contributed by atoms with Gasteiger partial charge in [0.25, 0.3) is 0 Å². The lowest BCUT2D eigenvalue weighted by molar-refractivity contribution is 0.102. The summed E-state index contributed by atoms with van der Waals surface area (Å²) in [7, 11) is 6.53. The van der Waals surface area contributed by atoms with Gasteiger partial charge in [0.15, 0.2) is 0 Å². The average Bonchev–Trinajstić information content (AvgIpc) is 2.42. The van der Waals surface area contributed by atoms with Gasteiger partial charge in [0.1, 0.15) is 0 Å². The molecule has 1 aliphatic rings. The molecule has 0 radical (unpaired) electrons. The van der Waals surface area contributed by atoms with Crippen LogP contribution in [0.3, 0.4) is 0 Å². The third-order valence-corrected chi connectivity index (χ3v) is 4.01. The standard InChI is InChI=1S/C16H27N3/c1-17(2)10-9-16(15-7-5-4-6-8-15)19-13-11-18(3)12-14-19/h4-8,16H,9-14H2,1-3H3. The van der Waals surface area contributed by atoms with E-state index >= 15 is 0 Å². The van der Waals surface area contributed by atoms with Crippen molar-refractivity contribution < 1.29 is 0 Å². The molecule has 1 atom stereocenters. The molecule has 1 aromatic rings. The van der Waals surface area contributed by atoms with E-state index in [1.807, 2.05) is 0 Å². The Labute approximate surface area is 117 Å². The quantitative estimate of drug-likeness (QED) is 0.802. The van der Waals surface area contributed by atoms with Crippen LogP contribution < -0.4 is 0 Å². The molecular weight excluding hydrogens is 234 g/mol. The van der Waals surface area contributed by atoms with E-state index in [-0.39, 0.29) is 0 Å². The SMILES string of the molecule is CN(C)CCC(c1ccccc1)N1CCN(C)CC1. The van der Waals surface area contributed by atoms with Gasteiger partial charge < -0.3 is 9.80 Å². The van der Waals surface area contributed by atoms with E-state index in [9.17, 15) is 0 Å². The van der Waals surface area contributed by atoms with Crippen molar-refractivity contribution in [3.63, 3.8) is 0 Å². The van der Waals surface area contributed by atoms with Crippen molar-refractivity contribution in [3.05, 3.63) is 35.9 Å². The minimum atomic E-state index is 0.567. The molecule has 1 heterocycles. The van der Waals surface area contributed by atoms with E-state index in [0.717, 1.165) is 6.54 Å². The molecule has 3 heteroatoms. The maximum absolute atomic E-state index is 2.65. The molecule has 19 heavy (non-hydrogen) atoms. The minimum absolute atomic E-state index is 0.567. The Hall–Kier alpha value is -0.900. The predicted octanol–water partition coefficient (Wildman–Crippen LogP) is 1.93. The smallest absolute Gasteiger partial charge is 0.0361 e. The lowest BCUT2D eigenvalue weighted by Crippen LogP contribution is -2.46. The molecule has 0 aliphatic carbocycles. The monoisotopic (exact) mass is 261 g/mol. The summed E-state index contributed by atoms with van der Waals surface area (Å²) >= 11 is 0. The van der Waals surface area contributed by atoms with Crippen LogP contribution in [0.5, 0.6) is 0 Å². The third-order valence-electron chi connectivity index (χ3n) is 4.01. The maximum Gasteiger partial charge on any atom is 0.0361 e. The van der Waals surface area contributed by atoms with Crippen molar-refractivity contribution in [1.29, 1.82) is 0 Å². The van der Waals surface area contributed by atoms with E-state index in [2.05, 4.69) is 66.2 Å². The highest BCUT2D eigenvalue weighted by molar-refractivity contribution is 5.19. The Kier molecular flexibility index (Phi) is 5.37.